The van der Waals surface area contributed by atoms with E-state index in [1.54, 1.807) is 42.7 Å². The Kier molecular flexibility index (Phi) is 7.06. The maximum Gasteiger partial charge on any atom is 0.358 e. The molecule has 1 amide bonds. The van der Waals surface area contributed by atoms with Crippen LogP contribution < -0.4 is 0 Å². The van der Waals surface area contributed by atoms with Crippen LogP contribution in [0.25, 0.3) is 10.8 Å². The largest absolute Gasteiger partial charge is 0.451 e. The van der Waals surface area contributed by atoms with E-state index in [2.05, 4.69) is 15.0 Å². The molecule has 1 saturated heterocycles. The zero-order valence-electron chi connectivity index (χ0n) is 17.5. The third-order valence-corrected chi connectivity index (χ3v) is 7.66. The Labute approximate surface area is 194 Å². The van der Waals surface area contributed by atoms with Gasteiger partial charge in [-0.2, -0.15) is 4.31 Å². The fourth-order valence-electron chi connectivity index (χ4n) is 3.26. The molecule has 1 fully saturated rings. The van der Waals surface area contributed by atoms with Crippen LogP contribution in [0, 0.1) is 0 Å². The number of rotatable bonds is 7. The monoisotopic (exact) mass is 487 g/mol. The molecule has 0 atom stereocenters. The van der Waals surface area contributed by atoms with Gasteiger partial charge in [0.25, 0.3) is 5.91 Å². The molecule has 3 heterocycles. The molecule has 33 heavy (non-hydrogen) atoms. The SMILES string of the molecule is O=C(OCC(=O)N1CCN(S(=O)(=O)Cc2ccccc2)CC1)c1csc(-c2ncccn2)n1. The first kappa shape index (κ1) is 23.0. The summed E-state index contributed by atoms with van der Waals surface area (Å²) in [5.74, 6) is -0.780. The molecular formula is C21H21N5O5S2. The van der Waals surface area contributed by atoms with Crippen LogP contribution in [0.15, 0.2) is 54.2 Å². The van der Waals surface area contributed by atoms with Crippen LogP contribution in [0.4, 0.5) is 0 Å². The fourth-order valence-corrected chi connectivity index (χ4v) is 5.51. The number of nitrogens with zero attached hydrogens (tertiary/aromatic N) is 5. The van der Waals surface area contributed by atoms with Crippen molar-refractivity contribution >= 4 is 33.2 Å². The van der Waals surface area contributed by atoms with Crippen LogP contribution in [0.3, 0.4) is 0 Å². The second-order valence-corrected chi connectivity index (χ2v) is 10.0. The van der Waals surface area contributed by atoms with E-state index >= 15 is 0 Å². The maximum atomic E-state index is 12.6. The van der Waals surface area contributed by atoms with E-state index in [0.29, 0.717) is 16.4 Å². The molecule has 1 aromatic carbocycles. The van der Waals surface area contributed by atoms with E-state index in [-0.39, 0.29) is 43.5 Å². The number of hydrogen-bond acceptors (Lipinski definition) is 9. The summed E-state index contributed by atoms with van der Waals surface area (Å²) in [5, 5.41) is 2.00. The summed E-state index contributed by atoms with van der Waals surface area (Å²) in [5.41, 5.74) is 0.791. The predicted octanol–water partition coefficient (Wildman–Crippen LogP) is 1.43. The van der Waals surface area contributed by atoms with Crippen molar-refractivity contribution in [3.8, 4) is 10.8 Å². The van der Waals surface area contributed by atoms with Gasteiger partial charge >= 0.3 is 5.97 Å². The lowest BCUT2D eigenvalue weighted by atomic mass is 10.2. The van der Waals surface area contributed by atoms with Gasteiger partial charge in [-0.15, -0.1) is 11.3 Å². The molecule has 0 aliphatic carbocycles. The fraction of sp³-hybridized carbons (Fsp3) is 0.286. The lowest BCUT2D eigenvalue weighted by Gasteiger charge is -2.33. The number of carbonyl (C=O) groups is 2. The Morgan fingerprint density at radius 2 is 1.70 bits per heavy atom. The minimum absolute atomic E-state index is 0.0760. The molecule has 3 aromatic rings. The average Bonchev–Trinajstić information content (AvgIpc) is 3.34. The number of sulfonamides is 1. The minimum atomic E-state index is -3.48. The quantitative estimate of drug-likeness (QED) is 0.459. The third kappa shape index (κ3) is 5.78. The highest BCUT2D eigenvalue weighted by Gasteiger charge is 2.29. The number of benzene rings is 1. The number of aromatic nitrogens is 3. The zero-order valence-corrected chi connectivity index (χ0v) is 19.2. The van der Waals surface area contributed by atoms with Crippen LogP contribution >= 0.6 is 11.3 Å². The normalized spacial score (nSPS) is 14.7. The van der Waals surface area contributed by atoms with E-state index in [1.807, 2.05) is 6.07 Å². The Bertz CT molecular complexity index is 1210. The van der Waals surface area contributed by atoms with Crippen LogP contribution in [-0.4, -0.2) is 77.2 Å². The number of thiazole rings is 1. The first-order valence-electron chi connectivity index (χ1n) is 10.1. The van der Waals surface area contributed by atoms with Crippen molar-refractivity contribution in [3.05, 3.63) is 65.4 Å². The van der Waals surface area contributed by atoms with Gasteiger partial charge in [-0.1, -0.05) is 30.3 Å². The number of piperazine rings is 1. The van der Waals surface area contributed by atoms with Crippen molar-refractivity contribution in [2.24, 2.45) is 0 Å². The predicted molar refractivity (Wildman–Crippen MR) is 121 cm³/mol. The maximum absolute atomic E-state index is 12.6. The Morgan fingerprint density at radius 1 is 1.00 bits per heavy atom. The number of esters is 1. The van der Waals surface area contributed by atoms with Crippen molar-refractivity contribution in [1.29, 1.82) is 0 Å². The van der Waals surface area contributed by atoms with Gasteiger partial charge < -0.3 is 9.64 Å². The van der Waals surface area contributed by atoms with Crippen LogP contribution in [0.2, 0.25) is 0 Å². The molecule has 0 bridgehead atoms. The Balaban J connectivity index is 1.26. The zero-order chi connectivity index (χ0) is 23.3. The average molecular weight is 488 g/mol. The smallest absolute Gasteiger partial charge is 0.358 e. The minimum Gasteiger partial charge on any atom is -0.451 e. The Hall–Kier alpha value is -3.22. The molecule has 1 aliphatic rings. The topological polar surface area (TPSA) is 123 Å². The van der Waals surface area contributed by atoms with Crippen LogP contribution in [-0.2, 0) is 25.3 Å². The first-order valence-corrected chi connectivity index (χ1v) is 12.6. The van der Waals surface area contributed by atoms with Gasteiger partial charge in [-0.05, 0) is 11.6 Å². The number of amides is 1. The molecule has 172 valence electrons. The second kappa shape index (κ2) is 10.1. The molecule has 0 unspecified atom stereocenters. The highest BCUT2D eigenvalue weighted by molar-refractivity contribution is 7.88. The van der Waals surface area contributed by atoms with Gasteiger partial charge in [0, 0.05) is 44.0 Å². The Morgan fingerprint density at radius 3 is 2.39 bits per heavy atom. The molecule has 1 aliphatic heterocycles. The lowest BCUT2D eigenvalue weighted by molar-refractivity contribution is -0.135. The van der Waals surface area contributed by atoms with Crippen molar-refractivity contribution in [3.63, 3.8) is 0 Å². The molecule has 0 N–H and O–H groups in total. The molecular weight excluding hydrogens is 466 g/mol. The summed E-state index contributed by atoms with van der Waals surface area (Å²) in [6.07, 6.45) is 3.15. The van der Waals surface area contributed by atoms with Crippen molar-refractivity contribution in [1.82, 2.24) is 24.2 Å². The van der Waals surface area contributed by atoms with Crippen molar-refractivity contribution < 1.29 is 22.7 Å². The van der Waals surface area contributed by atoms with E-state index in [4.69, 9.17) is 4.74 Å². The van der Waals surface area contributed by atoms with E-state index < -0.39 is 22.6 Å². The highest BCUT2D eigenvalue weighted by Crippen LogP contribution is 2.20. The van der Waals surface area contributed by atoms with Gasteiger partial charge in [-0.25, -0.2) is 28.2 Å². The molecule has 4 rings (SSSR count). The van der Waals surface area contributed by atoms with Crippen LogP contribution in [0.5, 0.6) is 0 Å². The summed E-state index contributed by atoms with van der Waals surface area (Å²) in [4.78, 5) is 38.5. The molecule has 12 heteroatoms. The van der Waals surface area contributed by atoms with Gasteiger partial charge in [0.05, 0.1) is 5.75 Å². The third-order valence-electron chi connectivity index (χ3n) is 4.97. The molecule has 0 saturated carbocycles. The van der Waals surface area contributed by atoms with Crippen LogP contribution in [0.1, 0.15) is 16.1 Å². The van der Waals surface area contributed by atoms with E-state index in [0.717, 1.165) is 0 Å². The molecule has 0 radical (unpaired) electrons. The first-order chi connectivity index (χ1) is 15.9. The van der Waals surface area contributed by atoms with Crippen molar-refractivity contribution in [2.45, 2.75) is 5.75 Å². The molecule has 10 nitrogen and oxygen atoms in total. The summed E-state index contributed by atoms with van der Waals surface area (Å²) < 4.78 is 31.8. The summed E-state index contributed by atoms with van der Waals surface area (Å²) >= 11 is 1.20. The van der Waals surface area contributed by atoms with E-state index in [9.17, 15) is 18.0 Å². The van der Waals surface area contributed by atoms with Gasteiger partial charge in [0.15, 0.2) is 23.1 Å². The van der Waals surface area contributed by atoms with Crippen molar-refractivity contribution in [2.75, 3.05) is 32.8 Å². The molecule has 0 spiro atoms. The standard InChI is InChI=1S/C21H21N5O5S2/c27-18(13-31-21(28)17-14-32-20(24-17)19-22-7-4-8-23-19)25-9-11-26(12-10-25)33(29,30)15-16-5-2-1-3-6-16/h1-8,14H,9-13,15H2. The van der Waals surface area contributed by atoms with E-state index in [1.165, 1.54) is 25.9 Å². The molecule has 2 aromatic heterocycles. The summed E-state index contributed by atoms with van der Waals surface area (Å²) in [7, 11) is -3.48. The highest BCUT2D eigenvalue weighted by atomic mass is 32.2. The van der Waals surface area contributed by atoms with Gasteiger partial charge in [0.1, 0.15) is 0 Å². The second-order valence-electron chi connectivity index (χ2n) is 7.21. The van der Waals surface area contributed by atoms with Gasteiger partial charge in [-0.3, -0.25) is 4.79 Å². The lowest BCUT2D eigenvalue weighted by Crippen LogP contribution is -2.51. The van der Waals surface area contributed by atoms with Gasteiger partial charge in [0.2, 0.25) is 10.0 Å². The number of carbonyl (C=O) groups excluding carboxylic acids is 2. The summed E-state index contributed by atoms with van der Waals surface area (Å²) in [6, 6.07) is 10.6. The summed E-state index contributed by atoms with van der Waals surface area (Å²) in [6.45, 7) is 0.417. The number of ether oxygens (including phenoxy) is 1. The number of hydrogen-bond donors (Lipinski definition) is 0.